The van der Waals surface area contributed by atoms with Gasteiger partial charge < -0.3 is 14.8 Å². The number of fused-ring (bicyclic) bond motifs is 2. The van der Waals surface area contributed by atoms with Crippen LogP contribution >= 0.6 is 11.3 Å². The lowest BCUT2D eigenvalue weighted by atomic mass is 10.2. The predicted octanol–water partition coefficient (Wildman–Crippen LogP) is 2.56. The normalized spacial score (nSPS) is 19.5. The molecule has 0 spiro atoms. The zero-order valence-electron chi connectivity index (χ0n) is 11.8. The molecule has 0 radical (unpaired) electrons. The third-order valence-corrected chi connectivity index (χ3v) is 5.01. The number of aryl methyl sites for hydroxylation is 2. The maximum atomic E-state index is 5.93. The molecule has 0 saturated carbocycles. The summed E-state index contributed by atoms with van der Waals surface area (Å²) < 4.78 is 11.6. The van der Waals surface area contributed by atoms with Crippen LogP contribution in [0.15, 0.2) is 24.3 Å². The van der Waals surface area contributed by atoms with Gasteiger partial charge in [0.1, 0.15) is 17.7 Å². The molecule has 0 bridgehead atoms. The Hall–Kier alpha value is -1.59. The SMILES string of the molecule is c1ccc2c(c1)OC[C@@H](CNCc1nc3c(s1)CCC3)O2. The number of thiazole rings is 1. The Morgan fingerprint density at radius 2 is 2.14 bits per heavy atom. The first-order valence-corrected chi connectivity index (χ1v) is 8.27. The summed E-state index contributed by atoms with van der Waals surface area (Å²) in [6, 6.07) is 7.82. The molecule has 1 aromatic carbocycles. The Bertz CT molecular complexity index is 619. The molecule has 2 aromatic rings. The van der Waals surface area contributed by atoms with Gasteiger partial charge in [-0.2, -0.15) is 0 Å². The number of benzene rings is 1. The van der Waals surface area contributed by atoms with Crippen molar-refractivity contribution in [3.63, 3.8) is 0 Å². The van der Waals surface area contributed by atoms with E-state index >= 15 is 0 Å². The number of rotatable bonds is 4. The lowest BCUT2D eigenvalue weighted by Gasteiger charge is -2.26. The van der Waals surface area contributed by atoms with E-state index in [9.17, 15) is 0 Å². The van der Waals surface area contributed by atoms with E-state index in [1.165, 1.54) is 28.4 Å². The van der Waals surface area contributed by atoms with Crippen molar-refractivity contribution in [2.24, 2.45) is 0 Å². The van der Waals surface area contributed by atoms with Crippen LogP contribution < -0.4 is 14.8 Å². The molecule has 1 aromatic heterocycles. The quantitative estimate of drug-likeness (QED) is 0.942. The molecule has 5 heteroatoms. The maximum absolute atomic E-state index is 5.93. The molecule has 2 aliphatic rings. The van der Waals surface area contributed by atoms with Crippen LogP contribution in [0.1, 0.15) is 22.0 Å². The number of nitrogens with zero attached hydrogens (tertiary/aromatic N) is 1. The van der Waals surface area contributed by atoms with Gasteiger partial charge in [-0.15, -0.1) is 11.3 Å². The zero-order chi connectivity index (χ0) is 14.1. The average molecular weight is 302 g/mol. The van der Waals surface area contributed by atoms with E-state index in [-0.39, 0.29) is 6.10 Å². The Morgan fingerprint density at radius 1 is 1.24 bits per heavy atom. The standard InChI is InChI=1S/C16H18N2O2S/c1-2-6-14-13(5-1)19-10-11(20-14)8-17-9-16-18-12-4-3-7-15(12)21-16/h1-2,5-6,11,17H,3-4,7-10H2/t11-/m1/s1. The summed E-state index contributed by atoms with van der Waals surface area (Å²) in [5.74, 6) is 1.67. The second kappa shape index (κ2) is 5.66. The Labute approximate surface area is 128 Å². The third kappa shape index (κ3) is 2.76. The highest BCUT2D eigenvalue weighted by Crippen LogP contribution is 2.31. The molecular weight excluding hydrogens is 284 g/mol. The Balaban J connectivity index is 1.29. The van der Waals surface area contributed by atoms with Crippen LogP contribution in [-0.2, 0) is 19.4 Å². The average Bonchev–Trinajstić information content (AvgIpc) is 3.08. The highest BCUT2D eigenvalue weighted by atomic mass is 32.1. The Kier molecular flexibility index (Phi) is 3.53. The fraction of sp³-hybridized carbons (Fsp3) is 0.438. The third-order valence-electron chi connectivity index (χ3n) is 3.86. The van der Waals surface area contributed by atoms with Crippen molar-refractivity contribution in [1.82, 2.24) is 10.3 Å². The van der Waals surface area contributed by atoms with E-state index in [1.807, 2.05) is 35.6 Å². The van der Waals surface area contributed by atoms with Crippen molar-refractivity contribution in [3.05, 3.63) is 39.8 Å². The first-order chi connectivity index (χ1) is 10.4. The summed E-state index contributed by atoms with van der Waals surface area (Å²) in [4.78, 5) is 6.18. The number of ether oxygens (including phenoxy) is 2. The molecule has 0 saturated heterocycles. The molecular formula is C16H18N2O2S. The summed E-state index contributed by atoms with van der Waals surface area (Å²) >= 11 is 1.85. The van der Waals surface area contributed by atoms with Crippen molar-refractivity contribution in [1.29, 1.82) is 0 Å². The van der Waals surface area contributed by atoms with Gasteiger partial charge in [0.05, 0.1) is 5.69 Å². The van der Waals surface area contributed by atoms with Crippen molar-refractivity contribution in [2.75, 3.05) is 13.2 Å². The van der Waals surface area contributed by atoms with Crippen molar-refractivity contribution in [2.45, 2.75) is 31.9 Å². The molecule has 21 heavy (non-hydrogen) atoms. The summed E-state index contributed by atoms with van der Waals surface area (Å²) in [5.41, 5.74) is 1.32. The van der Waals surface area contributed by atoms with Crippen molar-refractivity contribution in [3.8, 4) is 11.5 Å². The van der Waals surface area contributed by atoms with Crippen molar-refractivity contribution < 1.29 is 9.47 Å². The molecule has 4 nitrogen and oxygen atoms in total. The molecule has 1 atom stereocenters. The minimum Gasteiger partial charge on any atom is -0.486 e. The number of para-hydroxylation sites is 2. The smallest absolute Gasteiger partial charge is 0.161 e. The topological polar surface area (TPSA) is 43.4 Å². The van der Waals surface area contributed by atoms with Crippen molar-refractivity contribution >= 4 is 11.3 Å². The van der Waals surface area contributed by atoms with Gasteiger partial charge in [0.2, 0.25) is 0 Å². The molecule has 2 heterocycles. The van der Waals surface area contributed by atoms with E-state index in [0.29, 0.717) is 6.61 Å². The monoisotopic (exact) mass is 302 g/mol. The van der Waals surface area contributed by atoms with Gasteiger partial charge in [-0.3, -0.25) is 0 Å². The number of hydrogen-bond acceptors (Lipinski definition) is 5. The fourth-order valence-corrected chi connectivity index (χ4v) is 3.95. The number of nitrogens with one attached hydrogen (secondary N) is 1. The molecule has 4 rings (SSSR count). The van der Waals surface area contributed by atoms with Crippen LogP contribution in [0.25, 0.3) is 0 Å². The highest BCUT2D eigenvalue weighted by molar-refractivity contribution is 7.11. The maximum Gasteiger partial charge on any atom is 0.161 e. The van der Waals surface area contributed by atoms with Crippen LogP contribution in [0.2, 0.25) is 0 Å². The van der Waals surface area contributed by atoms with Crippen LogP contribution in [-0.4, -0.2) is 24.2 Å². The number of hydrogen-bond donors (Lipinski definition) is 1. The lowest BCUT2D eigenvalue weighted by molar-refractivity contribution is 0.0902. The van der Waals surface area contributed by atoms with Gasteiger partial charge in [0.25, 0.3) is 0 Å². The molecule has 0 amide bonds. The van der Waals surface area contributed by atoms with Crippen LogP contribution in [0.4, 0.5) is 0 Å². The van der Waals surface area contributed by atoms with E-state index in [0.717, 1.165) is 31.0 Å². The summed E-state index contributed by atoms with van der Waals surface area (Å²) in [7, 11) is 0. The van der Waals surface area contributed by atoms with Crippen LogP contribution in [0, 0.1) is 0 Å². The van der Waals surface area contributed by atoms with E-state index in [1.54, 1.807) is 0 Å². The van der Waals surface area contributed by atoms with Crippen LogP contribution in [0.5, 0.6) is 11.5 Å². The molecule has 1 aliphatic heterocycles. The zero-order valence-corrected chi connectivity index (χ0v) is 12.6. The van der Waals surface area contributed by atoms with Gasteiger partial charge in [0.15, 0.2) is 11.5 Å². The van der Waals surface area contributed by atoms with Gasteiger partial charge >= 0.3 is 0 Å². The summed E-state index contributed by atoms with van der Waals surface area (Å²) in [5, 5.41) is 4.63. The lowest BCUT2D eigenvalue weighted by Crippen LogP contribution is -2.38. The van der Waals surface area contributed by atoms with E-state index in [4.69, 9.17) is 14.5 Å². The van der Waals surface area contributed by atoms with Gasteiger partial charge in [-0.1, -0.05) is 12.1 Å². The number of aromatic nitrogens is 1. The summed E-state index contributed by atoms with van der Waals surface area (Å²) in [6.07, 6.45) is 3.70. The molecule has 0 unspecified atom stereocenters. The fourth-order valence-electron chi connectivity index (χ4n) is 2.82. The van der Waals surface area contributed by atoms with E-state index in [2.05, 4.69) is 5.32 Å². The van der Waals surface area contributed by atoms with Gasteiger partial charge in [0, 0.05) is 18.0 Å². The second-order valence-corrected chi connectivity index (χ2v) is 6.63. The first kappa shape index (κ1) is 13.1. The van der Waals surface area contributed by atoms with E-state index < -0.39 is 0 Å². The molecule has 110 valence electrons. The largest absolute Gasteiger partial charge is 0.486 e. The Morgan fingerprint density at radius 3 is 3.05 bits per heavy atom. The van der Waals surface area contributed by atoms with Gasteiger partial charge in [-0.25, -0.2) is 4.98 Å². The minimum atomic E-state index is 0.0618. The molecule has 1 N–H and O–H groups in total. The molecule has 0 fully saturated rings. The minimum absolute atomic E-state index is 0.0618. The van der Waals surface area contributed by atoms with Crippen LogP contribution in [0.3, 0.4) is 0 Å². The highest BCUT2D eigenvalue weighted by Gasteiger charge is 2.21. The first-order valence-electron chi connectivity index (χ1n) is 7.45. The van der Waals surface area contributed by atoms with Gasteiger partial charge in [-0.05, 0) is 31.4 Å². The predicted molar refractivity (Wildman–Crippen MR) is 82.2 cm³/mol. The summed E-state index contributed by atoms with van der Waals surface area (Å²) in [6.45, 7) is 2.19. The second-order valence-electron chi connectivity index (χ2n) is 5.46. The molecule has 1 aliphatic carbocycles.